The molecule has 3 heteroatoms. The largest absolute Gasteiger partial charge is 0.497 e. The van der Waals surface area contributed by atoms with Crippen molar-refractivity contribution in [1.82, 2.24) is 5.32 Å². The second-order valence-electron chi connectivity index (χ2n) is 3.22. The second-order valence-corrected chi connectivity index (χ2v) is 3.22. The van der Waals surface area contributed by atoms with Gasteiger partial charge in [0.1, 0.15) is 11.5 Å². The third-order valence-corrected chi connectivity index (χ3v) is 2.13. The van der Waals surface area contributed by atoms with Gasteiger partial charge in [0.05, 0.1) is 19.8 Å². The van der Waals surface area contributed by atoms with E-state index in [1.165, 1.54) is 0 Å². The molecule has 0 bridgehead atoms. The van der Waals surface area contributed by atoms with E-state index in [0.717, 1.165) is 30.0 Å². The van der Waals surface area contributed by atoms with Gasteiger partial charge in [-0.2, -0.15) is 0 Å². The van der Waals surface area contributed by atoms with Gasteiger partial charge < -0.3 is 14.8 Å². The Morgan fingerprint density at radius 3 is 2.69 bits per heavy atom. The van der Waals surface area contributed by atoms with E-state index in [2.05, 4.69) is 17.2 Å². The maximum atomic E-state index is 5.25. The minimum Gasteiger partial charge on any atom is -0.497 e. The average Bonchev–Trinajstić information content (AvgIpc) is 2.34. The van der Waals surface area contributed by atoms with Gasteiger partial charge >= 0.3 is 0 Å². The molecule has 0 atom stereocenters. The van der Waals surface area contributed by atoms with Crippen LogP contribution in [0, 0.1) is 11.8 Å². The van der Waals surface area contributed by atoms with Crippen LogP contribution in [-0.2, 0) is 0 Å². The van der Waals surface area contributed by atoms with E-state index in [0.29, 0.717) is 0 Å². The molecule has 0 heterocycles. The first-order valence-corrected chi connectivity index (χ1v) is 5.17. The molecular formula is C13H17NO2. The summed E-state index contributed by atoms with van der Waals surface area (Å²) in [6.07, 6.45) is 0.825. The van der Waals surface area contributed by atoms with Gasteiger partial charge in [-0.1, -0.05) is 11.8 Å². The van der Waals surface area contributed by atoms with Gasteiger partial charge in [-0.05, 0) is 19.2 Å². The normalized spacial score (nSPS) is 9.19. The molecule has 0 saturated carbocycles. The van der Waals surface area contributed by atoms with Gasteiger partial charge in [0.2, 0.25) is 0 Å². The number of rotatable bonds is 4. The number of nitrogens with one attached hydrogen (secondary N) is 1. The number of hydrogen-bond acceptors (Lipinski definition) is 3. The fourth-order valence-corrected chi connectivity index (χ4v) is 1.25. The first-order valence-electron chi connectivity index (χ1n) is 5.17. The van der Waals surface area contributed by atoms with Gasteiger partial charge in [0.25, 0.3) is 0 Å². The van der Waals surface area contributed by atoms with E-state index in [-0.39, 0.29) is 0 Å². The Kier molecular flexibility index (Phi) is 5.24. The predicted molar refractivity (Wildman–Crippen MR) is 65.0 cm³/mol. The van der Waals surface area contributed by atoms with Crippen molar-refractivity contribution in [2.75, 3.05) is 27.8 Å². The lowest BCUT2D eigenvalue weighted by Crippen LogP contribution is -2.05. The fraction of sp³-hybridized carbons (Fsp3) is 0.385. The molecule has 0 radical (unpaired) electrons. The highest BCUT2D eigenvalue weighted by atomic mass is 16.5. The number of methoxy groups -OCH3 is 2. The van der Waals surface area contributed by atoms with Crippen LogP contribution < -0.4 is 14.8 Å². The van der Waals surface area contributed by atoms with Crippen molar-refractivity contribution in [2.45, 2.75) is 6.42 Å². The van der Waals surface area contributed by atoms with Crippen LogP contribution in [0.25, 0.3) is 0 Å². The summed E-state index contributed by atoms with van der Waals surface area (Å²) in [4.78, 5) is 0. The van der Waals surface area contributed by atoms with Crippen molar-refractivity contribution in [2.24, 2.45) is 0 Å². The standard InChI is InChI=1S/C13H17NO2/c1-14-9-5-4-6-11-7-8-12(15-2)10-13(11)16-3/h7-8,10,14H,5,9H2,1-3H3. The van der Waals surface area contributed by atoms with Crippen LogP contribution in [0.4, 0.5) is 0 Å². The first-order chi connectivity index (χ1) is 7.81. The summed E-state index contributed by atoms with van der Waals surface area (Å²) in [5.74, 6) is 7.68. The van der Waals surface area contributed by atoms with Crippen LogP contribution in [0.2, 0.25) is 0 Å². The number of hydrogen-bond donors (Lipinski definition) is 1. The lowest BCUT2D eigenvalue weighted by atomic mass is 10.2. The number of benzene rings is 1. The van der Waals surface area contributed by atoms with E-state index in [1.54, 1.807) is 14.2 Å². The molecule has 3 nitrogen and oxygen atoms in total. The molecule has 1 aromatic rings. The highest BCUT2D eigenvalue weighted by Gasteiger charge is 2.01. The van der Waals surface area contributed by atoms with Crippen molar-refractivity contribution in [3.8, 4) is 23.3 Å². The Labute approximate surface area is 96.8 Å². The Bertz CT molecular complexity index is 391. The first kappa shape index (κ1) is 12.4. The molecule has 0 unspecified atom stereocenters. The lowest BCUT2D eigenvalue weighted by Gasteiger charge is -2.05. The topological polar surface area (TPSA) is 30.5 Å². The fourth-order valence-electron chi connectivity index (χ4n) is 1.25. The van der Waals surface area contributed by atoms with Crippen molar-refractivity contribution in [1.29, 1.82) is 0 Å². The molecular weight excluding hydrogens is 202 g/mol. The molecule has 0 aliphatic carbocycles. The van der Waals surface area contributed by atoms with Crippen LogP contribution in [0.15, 0.2) is 18.2 Å². The van der Waals surface area contributed by atoms with Gasteiger partial charge in [0, 0.05) is 19.0 Å². The van der Waals surface area contributed by atoms with Crippen molar-refractivity contribution in [3.63, 3.8) is 0 Å². The summed E-state index contributed by atoms with van der Waals surface area (Å²) in [5, 5.41) is 3.05. The highest BCUT2D eigenvalue weighted by molar-refractivity contribution is 5.49. The van der Waals surface area contributed by atoms with Gasteiger partial charge in [-0.3, -0.25) is 0 Å². The van der Waals surface area contributed by atoms with Crippen LogP contribution in [0.1, 0.15) is 12.0 Å². The third-order valence-electron chi connectivity index (χ3n) is 2.13. The van der Waals surface area contributed by atoms with Gasteiger partial charge in [-0.25, -0.2) is 0 Å². The van der Waals surface area contributed by atoms with Crippen LogP contribution >= 0.6 is 0 Å². The lowest BCUT2D eigenvalue weighted by molar-refractivity contribution is 0.393. The van der Waals surface area contributed by atoms with Crippen LogP contribution in [0.5, 0.6) is 11.5 Å². The Balaban J connectivity index is 2.81. The summed E-state index contributed by atoms with van der Waals surface area (Å²) in [6.45, 7) is 0.894. The maximum absolute atomic E-state index is 5.25. The average molecular weight is 219 g/mol. The molecule has 86 valence electrons. The quantitative estimate of drug-likeness (QED) is 0.617. The predicted octanol–water partition coefficient (Wildman–Crippen LogP) is 1.66. The van der Waals surface area contributed by atoms with E-state index in [4.69, 9.17) is 9.47 Å². The molecule has 0 fully saturated rings. The van der Waals surface area contributed by atoms with E-state index < -0.39 is 0 Å². The zero-order chi connectivity index (χ0) is 11.8. The zero-order valence-corrected chi connectivity index (χ0v) is 9.96. The van der Waals surface area contributed by atoms with Crippen LogP contribution in [0.3, 0.4) is 0 Å². The molecule has 1 aromatic carbocycles. The minimum absolute atomic E-state index is 0.747. The summed E-state index contributed by atoms with van der Waals surface area (Å²) >= 11 is 0. The monoisotopic (exact) mass is 219 g/mol. The van der Waals surface area contributed by atoms with E-state index in [1.807, 2.05) is 25.2 Å². The Morgan fingerprint density at radius 1 is 1.25 bits per heavy atom. The summed E-state index contributed by atoms with van der Waals surface area (Å²) in [7, 11) is 5.18. The Hall–Kier alpha value is -1.66. The third kappa shape index (κ3) is 3.48. The SMILES string of the molecule is CNCCC#Cc1ccc(OC)cc1OC. The minimum atomic E-state index is 0.747. The Morgan fingerprint density at radius 2 is 2.06 bits per heavy atom. The van der Waals surface area contributed by atoms with E-state index >= 15 is 0 Å². The molecule has 1 N–H and O–H groups in total. The molecule has 0 amide bonds. The number of ether oxygens (including phenoxy) is 2. The van der Waals surface area contributed by atoms with Gasteiger partial charge in [0.15, 0.2) is 0 Å². The molecule has 0 aromatic heterocycles. The van der Waals surface area contributed by atoms with Crippen LogP contribution in [-0.4, -0.2) is 27.8 Å². The second kappa shape index (κ2) is 6.76. The van der Waals surface area contributed by atoms with Crippen molar-refractivity contribution >= 4 is 0 Å². The smallest absolute Gasteiger partial charge is 0.138 e. The molecule has 1 rings (SSSR count). The zero-order valence-electron chi connectivity index (χ0n) is 9.96. The molecule has 0 spiro atoms. The van der Waals surface area contributed by atoms with Gasteiger partial charge in [-0.15, -0.1) is 0 Å². The summed E-state index contributed by atoms with van der Waals surface area (Å²) in [6, 6.07) is 5.62. The summed E-state index contributed by atoms with van der Waals surface area (Å²) < 4.78 is 10.4. The maximum Gasteiger partial charge on any atom is 0.138 e. The molecule has 16 heavy (non-hydrogen) atoms. The van der Waals surface area contributed by atoms with E-state index in [9.17, 15) is 0 Å². The molecule has 0 aliphatic heterocycles. The molecule has 0 aliphatic rings. The molecule has 0 saturated heterocycles. The summed E-state index contributed by atoms with van der Waals surface area (Å²) in [5.41, 5.74) is 0.888. The van der Waals surface area contributed by atoms with Crippen molar-refractivity contribution in [3.05, 3.63) is 23.8 Å². The van der Waals surface area contributed by atoms with Crippen molar-refractivity contribution < 1.29 is 9.47 Å². The highest BCUT2D eigenvalue weighted by Crippen LogP contribution is 2.23.